The van der Waals surface area contributed by atoms with E-state index in [1.54, 1.807) is 12.4 Å². The molecule has 0 unspecified atom stereocenters. The van der Waals surface area contributed by atoms with Crippen LogP contribution in [-0.2, 0) is 16.6 Å². The quantitative estimate of drug-likeness (QED) is 0.836. The molecule has 0 saturated heterocycles. The Bertz CT molecular complexity index is 670. The van der Waals surface area contributed by atoms with Gasteiger partial charge in [-0.05, 0) is 18.2 Å². The number of hydrogen-bond acceptors (Lipinski definition) is 4. The smallest absolute Gasteiger partial charge is 0.243 e. The summed E-state index contributed by atoms with van der Waals surface area (Å²) in [6, 6.07) is 4.25. The second kappa shape index (κ2) is 5.20. The summed E-state index contributed by atoms with van der Waals surface area (Å²) in [6.07, 6.45) is 3.21. The van der Waals surface area contributed by atoms with Crippen LogP contribution in [-0.4, -0.2) is 30.0 Å². The summed E-state index contributed by atoms with van der Waals surface area (Å²) in [5.74, 6) is 0. The Balaban J connectivity index is 2.28. The molecule has 0 bridgehead atoms. The number of nitrogens with one attached hydrogen (secondary N) is 1. The van der Waals surface area contributed by atoms with Crippen LogP contribution in [0.2, 0.25) is 5.02 Å². The average molecular weight is 301 g/mol. The van der Waals surface area contributed by atoms with Gasteiger partial charge in [-0.2, -0.15) is 9.40 Å². The van der Waals surface area contributed by atoms with E-state index in [1.807, 2.05) is 0 Å². The number of benzene rings is 1. The zero-order valence-corrected chi connectivity index (χ0v) is 11.7. The van der Waals surface area contributed by atoms with E-state index in [4.69, 9.17) is 17.3 Å². The lowest BCUT2D eigenvalue weighted by molar-refractivity contribution is 0.467. The van der Waals surface area contributed by atoms with E-state index in [2.05, 4.69) is 10.2 Å². The summed E-state index contributed by atoms with van der Waals surface area (Å²) in [6.45, 7) is 0.224. The molecule has 0 aliphatic heterocycles. The van der Waals surface area contributed by atoms with Crippen molar-refractivity contribution < 1.29 is 8.42 Å². The molecule has 0 saturated carbocycles. The van der Waals surface area contributed by atoms with Gasteiger partial charge in [0.15, 0.2) is 0 Å². The molecule has 0 atom stereocenters. The third-order valence-corrected chi connectivity index (χ3v) is 4.78. The number of nitrogens with zero attached hydrogens (tertiary/aromatic N) is 2. The number of aromatic nitrogens is 2. The lowest BCUT2D eigenvalue weighted by Crippen LogP contribution is -2.26. The third-order valence-electron chi connectivity index (χ3n) is 2.64. The maximum absolute atomic E-state index is 12.3. The first-order valence-corrected chi connectivity index (χ1v) is 7.22. The normalized spacial score (nSPS) is 11.9. The molecule has 2 rings (SSSR count). The number of halogens is 1. The molecule has 1 aromatic heterocycles. The number of nitrogens with two attached hydrogens (primary N) is 1. The van der Waals surface area contributed by atoms with Gasteiger partial charge in [-0.3, -0.25) is 5.10 Å². The molecule has 8 heteroatoms. The minimum atomic E-state index is -3.60. The topological polar surface area (TPSA) is 92.1 Å². The van der Waals surface area contributed by atoms with Crippen molar-refractivity contribution in [3.05, 3.63) is 41.2 Å². The summed E-state index contributed by atoms with van der Waals surface area (Å²) < 4.78 is 25.9. The molecular formula is C11H13ClN4O2S. The lowest BCUT2D eigenvalue weighted by Gasteiger charge is -2.16. The molecule has 0 spiro atoms. The summed E-state index contributed by atoms with van der Waals surface area (Å²) in [4.78, 5) is 0.111. The van der Waals surface area contributed by atoms with Crippen LogP contribution in [0.5, 0.6) is 0 Å². The predicted molar refractivity (Wildman–Crippen MR) is 73.1 cm³/mol. The zero-order valence-electron chi connectivity index (χ0n) is 10.2. The molecule has 1 heterocycles. The second-order valence-electron chi connectivity index (χ2n) is 4.05. The molecule has 102 valence electrons. The van der Waals surface area contributed by atoms with E-state index in [9.17, 15) is 8.42 Å². The second-order valence-corrected chi connectivity index (χ2v) is 6.50. The first kappa shape index (κ1) is 13.9. The largest absolute Gasteiger partial charge is 0.397 e. The Morgan fingerprint density at radius 2 is 2.21 bits per heavy atom. The zero-order chi connectivity index (χ0) is 14.0. The Labute approximate surface area is 116 Å². The molecule has 0 fully saturated rings. The highest BCUT2D eigenvalue weighted by Gasteiger charge is 2.21. The summed E-state index contributed by atoms with van der Waals surface area (Å²) in [5.41, 5.74) is 6.63. The van der Waals surface area contributed by atoms with Crippen LogP contribution in [0.4, 0.5) is 5.69 Å². The Morgan fingerprint density at radius 3 is 2.79 bits per heavy atom. The Hall–Kier alpha value is -1.57. The van der Waals surface area contributed by atoms with Gasteiger partial charge in [0, 0.05) is 25.4 Å². The third kappa shape index (κ3) is 2.89. The minimum absolute atomic E-state index is 0.111. The van der Waals surface area contributed by atoms with Crippen molar-refractivity contribution in [1.29, 1.82) is 0 Å². The van der Waals surface area contributed by atoms with Crippen LogP contribution in [0.25, 0.3) is 0 Å². The van der Waals surface area contributed by atoms with Crippen molar-refractivity contribution in [3.8, 4) is 0 Å². The molecule has 0 amide bonds. The van der Waals surface area contributed by atoms with Crippen molar-refractivity contribution in [2.45, 2.75) is 11.4 Å². The van der Waals surface area contributed by atoms with Crippen LogP contribution in [0.3, 0.4) is 0 Å². The molecule has 1 aromatic carbocycles. The van der Waals surface area contributed by atoms with Crippen LogP contribution in [0.1, 0.15) is 5.56 Å². The fraction of sp³-hybridized carbons (Fsp3) is 0.182. The van der Waals surface area contributed by atoms with Crippen molar-refractivity contribution in [2.75, 3.05) is 12.8 Å². The van der Waals surface area contributed by atoms with Gasteiger partial charge in [0.1, 0.15) is 0 Å². The molecule has 3 N–H and O–H groups in total. The van der Waals surface area contributed by atoms with Gasteiger partial charge < -0.3 is 5.73 Å². The predicted octanol–water partition coefficient (Wildman–Crippen LogP) is 1.47. The maximum Gasteiger partial charge on any atom is 0.243 e. The molecular weight excluding hydrogens is 288 g/mol. The van der Waals surface area contributed by atoms with E-state index in [0.29, 0.717) is 5.02 Å². The van der Waals surface area contributed by atoms with E-state index in [-0.39, 0.29) is 17.1 Å². The summed E-state index contributed by atoms with van der Waals surface area (Å²) >= 11 is 5.78. The first-order chi connectivity index (χ1) is 8.91. The van der Waals surface area contributed by atoms with E-state index in [0.717, 1.165) is 5.56 Å². The van der Waals surface area contributed by atoms with Gasteiger partial charge in [-0.1, -0.05) is 11.6 Å². The summed E-state index contributed by atoms with van der Waals surface area (Å²) in [5, 5.41) is 6.74. The van der Waals surface area contributed by atoms with Gasteiger partial charge >= 0.3 is 0 Å². The molecule has 19 heavy (non-hydrogen) atoms. The Kier molecular flexibility index (Phi) is 3.79. The van der Waals surface area contributed by atoms with E-state index < -0.39 is 10.0 Å². The SMILES string of the molecule is CN(Cc1cn[nH]c1)S(=O)(=O)c1ccc(Cl)c(N)c1. The van der Waals surface area contributed by atoms with Crippen LogP contribution < -0.4 is 5.73 Å². The van der Waals surface area contributed by atoms with Crippen molar-refractivity contribution in [1.82, 2.24) is 14.5 Å². The van der Waals surface area contributed by atoms with Gasteiger partial charge in [0.2, 0.25) is 10.0 Å². The highest BCUT2D eigenvalue weighted by atomic mass is 35.5. The number of H-pyrrole nitrogens is 1. The standard InChI is InChI=1S/C11H13ClN4O2S/c1-16(7-8-5-14-15-6-8)19(17,18)9-2-3-10(12)11(13)4-9/h2-6H,7,13H2,1H3,(H,14,15). The molecule has 0 aliphatic rings. The average Bonchev–Trinajstić information content (AvgIpc) is 2.85. The van der Waals surface area contributed by atoms with Gasteiger partial charge in [-0.15, -0.1) is 0 Å². The Morgan fingerprint density at radius 1 is 1.47 bits per heavy atom. The van der Waals surface area contributed by atoms with Crippen molar-refractivity contribution in [2.24, 2.45) is 0 Å². The van der Waals surface area contributed by atoms with E-state index >= 15 is 0 Å². The number of anilines is 1. The molecule has 2 aromatic rings. The van der Waals surface area contributed by atoms with E-state index in [1.165, 1.54) is 29.6 Å². The molecule has 0 aliphatic carbocycles. The highest BCUT2D eigenvalue weighted by Crippen LogP contribution is 2.24. The number of aromatic amines is 1. The van der Waals surface area contributed by atoms with Crippen LogP contribution >= 0.6 is 11.6 Å². The molecule has 0 radical (unpaired) electrons. The maximum atomic E-state index is 12.3. The van der Waals surface area contributed by atoms with Gasteiger partial charge in [0.05, 0.1) is 21.8 Å². The summed E-state index contributed by atoms with van der Waals surface area (Å²) in [7, 11) is -2.11. The van der Waals surface area contributed by atoms with Crippen molar-refractivity contribution >= 4 is 27.3 Å². The number of hydrogen-bond donors (Lipinski definition) is 2. The monoisotopic (exact) mass is 300 g/mol. The molecule has 6 nitrogen and oxygen atoms in total. The number of sulfonamides is 1. The fourth-order valence-corrected chi connectivity index (χ4v) is 2.88. The van der Waals surface area contributed by atoms with Crippen LogP contribution in [0, 0.1) is 0 Å². The first-order valence-electron chi connectivity index (χ1n) is 5.40. The van der Waals surface area contributed by atoms with Crippen molar-refractivity contribution in [3.63, 3.8) is 0 Å². The van der Waals surface area contributed by atoms with Crippen LogP contribution in [0.15, 0.2) is 35.5 Å². The van der Waals surface area contributed by atoms with Gasteiger partial charge in [-0.25, -0.2) is 8.42 Å². The van der Waals surface area contributed by atoms with Gasteiger partial charge in [0.25, 0.3) is 0 Å². The fourth-order valence-electron chi connectivity index (χ4n) is 1.57. The number of nitrogen functional groups attached to an aromatic ring is 1. The number of rotatable bonds is 4. The minimum Gasteiger partial charge on any atom is -0.397 e. The highest BCUT2D eigenvalue weighted by molar-refractivity contribution is 7.89. The lowest BCUT2D eigenvalue weighted by atomic mass is 10.3.